The molecule has 3 rings (SSSR count). The number of aromatic nitrogens is 3. The van der Waals surface area contributed by atoms with Gasteiger partial charge < -0.3 is 10.8 Å². The van der Waals surface area contributed by atoms with Crippen molar-refractivity contribution in [1.29, 1.82) is 0 Å². The van der Waals surface area contributed by atoms with Crippen LogP contribution in [0.25, 0.3) is 11.4 Å². The van der Waals surface area contributed by atoms with Crippen molar-refractivity contribution in [2.45, 2.75) is 19.3 Å². The third-order valence-corrected chi connectivity index (χ3v) is 2.99. The van der Waals surface area contributed by atoms with Crippen molar-refractivity contribution in [3.05, 3.63) is 29.5 Å². The molecule has 0 atom stereocenters. The minimum atomic E-state index is -0.0222. The summed E-state index contributed by atoms with van der Waals surface area (Å²) in [4.78, 5) is 12.4. The topological polar surface area (TPSA) is 84.9 Å². The molecule has 0 saturated heterocycles. The Hall–Kier alpha value is -2.17. The molecule has 0 radical (unpaired) electrons. The molecule has 3 N–H and O–H groups in total. The Bertz CT molecular complexity index is 583. The van der Waals surface area contributed by atoms with E-state index in [1.54, 1.807) is 6.20 Å². The van der Waals surface area contributed by atoms with Gasteiger partial charge >= 0.3 is 0 Å². The lowest BCUT2D eigenvalue weighted by atomic mass is 10.1. The van der Waals surface area contributed by atoms with Crippen LogP contribution in [0.4, 0.5) is 5.95 Å². The quantitative estimate of drug-likeness (QED) is 0.710. The van der Waals surface area contributed by atoms with Crippen LogP contribution in [0.5, 0.6) is 5.88 Å². The summed E-state index contributed by atoms with van der Waals surface area (Å²) in [6, 6.07) is 3.95. The molecule has 0 spiro atoms. The van der Waals surface area contributed by atoms with Crippen LogP contribution >= 0.6 is 0 Å². The van der Waals surface area contributed by atoms with Crippen LogP contribution in [0.1, 0.15) is 17.5 Å². The van der Waals surface area contributed by atoms with Crippen molar-refractivity contribution in [2.24, 2.45) is 0 Å². The maximum Gasteiger partial charge on any atom is 0.223 e. The molecule has 0 fully saturated rings. The minimum Gasteiger partial charge on any atom is -0.493 e. The molecule has 1 aliphatic carbocycles. The number of pyridine rings is 1. The van der Waals surface area contributed by atoms with E-state index in [9.17, 15) is 5.11 Å². The molecule has 0 saturated carbocycles. The molecule has 0 aromatic carbocycles. The highest BCUT2D eigenvalue weighted by Gasteiger charge is 2.20. The number of rotatable bonds is 0. The molecule has 0 amide bonds. The van der Waals surface area contributed by atoms with Gasteiger partial charge in [-0.15, -0.1) is 0 Å². The fourth-order valence-electron chi connectivity index (χ4n) is 2.22. The summed E-state index contributed by atoms with van der Waals surface area (Å²) in [6.07, 6.45) is 4.35. The van der Waals surface area contributed by atoms with E-state index in [4.69, 9.17) is 5.73 Å². The van der Waals surface area contributed by atoms with Crippen LogP contribution in [0.15, 0.2) is 18.3 Å². The maximum atomic E-state index is 9.83. The third kappa shape index (κ3) is 1.60. The van der Waals surface area contributed by atoms with Crippen LogP contribution in [0.2, 0.25) is 0 Å². The van der Waals surface area contributed by atoms with Gasteiger partial charge in [-0.25, -0.2) is 4.98 Å². The summed E-state index contributed by atoms with van der Waals surface area (Å²) in [5.74, 6) is 0.0609. The largest absolute Gasteiger partial charge is 0.493 e. The van der Waals surface area contributed by atoms with Gasteiger partial charge in [-0.2, -0.15) is 4.98 Å². The molecule has 5 nitrogen and oxygen atoms in total. The van der Waals surface area contributed by atoms with Crippen molar-refractivity contribution in [1.82, 2.24) is 15.0 Å². The fraction of sp³-hybridized carbons (Fsp3) is 0.250. The lowest BCUT2D eigenvalue weighted by molar-refractivity contribution is 0.445. The standard InChI is InChI=1S/C12H12N4O/c13-12-15-10-8(11(17)16-12)5-1-3-7-4-2-6-14-9(7)10/h2,4,6H,1,3,5H2,(H3,13,15,16,17). The number of nitrogens with zero attached hydrogens (tertiary/aromatic N) is 3. The molecule has 1 aliphatic rings. The third-order valence-electron chi connectivity index (χ3n) is 2.99. The van der Waals surface area contributed by atoms with E-state index in [1.165, 1.54) is 0 Å². The number of aryl methyl sites for hydroxylation is 1. The number of hydrogen-bond acceptors (Lipinski definition) is 5. The van der Waals surface area contributed by atoms with E-state index in [0.29, 0.717) is 5.69 Å². The van der Waals surface area contributed by atoms with E-state index < -0.39 is 0 Å². The average molecular weight is 228 g/mol. The van der Waals surface area contributed by atoms with Crippen LogP contribution < -0.4 is 5.73 Å². The first-order valence-corrected chi connectivity index (χ1v) is 5.55. The first-order chi connectivity index (χ1) is 8.25. The zero-order valence-electron chi connectivity index (χ0n) is 9.22. The van der Waals surface area contributed by atoms with Crippen molar-refractivity contribution in [3.63, 3.8) is 0 Å². The van der Waals surface area contributed by atoms with Gasteiger partial charge in [0, 0.05) is 11.8 Å². The van der Waals surface area contributed by atoms with E-state index in [2.05, 4.69) is 15.0 Å². The van der Waals surface area contributed by atoms with Crippen LogP contribution in [0, 0.1) is 0 Å². The molecule has 5 heteroatoms. The number of aromatic hydroxyl groups is 1. The van der Waals surface area contributed by atoms with Crippen molar-refractivity contribution in [2.75, 3.05) is 5.73 Å². The minimum absolute atomic E-state index is 0.0222. The summed E-state index contributed by atoms with van der Waals surface area (Å²) < 4.78 is 0. The summed E-state index contributed by atoms with van der Waals surface area (Å²) in [5, 5.41) is 9.83. The zero-order chi connectivity index (χ0) is 11.8. The van der Waals surface area contributed by atoms with E-state index in [1.807, 2.05) is 12.1 Å². The molecule has 0 bridgehead atoms. The zero-order valence-corrected chi connectivity index (χ0v) is 9.22. The molecule has 17 heavy (non-hydrogen) atoms. The second-order valence-electron chi connectivity index (χ2n) is 4.10. The van der Waals surface area contributed by atoms with Crippen LogP contribution in [0.3, 0.4) is 0 Å². The normalized spacial score (nSPS) is 13.6. The van der Waals surface area contributed by atoms with Gasteiger partial charge in [-0.1, -0.05) is 6.07 Å². The van der Waals surface area contributed by atoms with Gasteiger partial charge in [-0.05, 0) is 30.9 Å². The highest BCUT2D eigenvalue weighted by molar-refractivity contribution is 5.66. The molecule has 86 valence electrons. The Morgan fingerprint density at radius 2 is 2.06 bits per heavy atom. The fourth-order valence-corrected chi connectivity index (χ4v) is 2.22. The van der Waals surface area contributed by atoms with E-state index in [0.717, 1.165) is 36.1 Å². The monoisotopic (exact) mass is 228 g/mol. The molecule has 2 aromatic rings. The lowest BCUT2D eigenvalue weighted by Crippen LogP contribution is -2.02. The highest BCUT2D eigenvalue weighted by Crippen LogP contribution is 2.33. The van der Waals surface area contributed by atoms with Gasteiger partial charge in [0.05, 0.1) is 5.69 Å². The highest BCUT2D eigenvalue weighted by atomic mass is 16.3. The second kappa shape index (κ2) is 3.69. The first-order valence-electron chi connectivity index (χ1n) is 5.55. The lowest BCUT2D eigenvalue weighted by Gasteiger charge is -2.08. The number of nitrogens with two attached hydrogens (primary N) is 1. The van der Waals surface area contributed by atoms with Gasteiger partial charge in [0.1, 0.15) is 5.69 Å². The van der Waals surface area contributed by atoms with Crippen molar-refractivity contribution >= 4 is 5.95 Å². The van der Waals surface area contributed by atoms with Gasteiger partial charge in [0.15, 0.2) is 0 Å². The number of anilines is 1. The van der Waals surface area contributed by atoms with Crippen molar-refractivity contribution in [3.8, 4) is 17.3 Å². The Morgan fingerprint density at radius 3 is 2.94 bits per heavy atom. The Kier molecular flexibility index (Phi) is 2.18. The Balaban J connectivity index is 2.32. The molecular weight excluding hydrogens is 216 g/mol. The second-order valence-corrected chi connectivity index (χ2v) is 4.10. The SMILES string of the molecule is Nc1nc(O)c2c(n1)-c1ncccc1CCC2. The van der Waals surface area contributed by atoms with E-state index in [-0.39, 0.29) is 11.8 Å². The summed E-state index contributed by atoms with van der Waals surface area (Å²) in [7, 11) is 0. The predicted molar refractivity (Wildman–Crippen MR) is 63.4 cm³/mol. The molecule has 2 heterocycles. The first kappa shape index (κ1) is 10.0. The van der Waals surface area contributed by atoms with Gasteiger partial charge in [0.25, 0.3) is 0 Å². The Labute approximate surface area is 98.4 Å². The maximum absolute atomic E-state index is 9.83. The van der Waals surface area contributed by atoms with Crippen LogP contribution in [-0.4, -0.2) is 20.1 Å². The average Bonchev–Trinajstić information content (AvgIpc) is 2.49. The molecule has 2 aromatic heterocycles. The smallest absolute Gasteiger partial charge is 0.223 e. The van der Waals surface area contributed by atoms with Gasteiger partial charge in [-0.3, -0.25) is 4.98 Å². The Morgan fingerprint density at radius 1 is 1.18 bits per heavy atom. The van der Waals surface area contributed by atoms with Crippen LogP contribution in [-0.2, 0) is 12.8 Å². The number of hydrogen-bond donors (Lipinski definition) is 2. The van der Waals surface area contributed by atoms with Gasteiger partial charge in [0.2, 0.25) is 11.8 Å². The number of fused-ring (bicyclic) bond motifs is 3. The molecular formula is C12H12N4O. The molecule has 0 unspecified atom stereocenters. The van der Waals surface area contributed by atoms with E-state index >= 15 is 0 Å². The summed E-state index contributed by atoms with van der Waals surface area (Å²) >= 11 is 0. The molecule has 0 aliphatic heterocycles. The summed E-state index contributed by atoms with van der Waals surface area (Å²) in [6.45, 7) is 0. The van der Waals surface area contributed by atoms with Crippen molar-refractivity contribution < 1.29 is 5.11 Å². The number of nitrogen functional groups attached to an aromatic ring is 1. The summed E-state index contributed by atoms with van der Waals surface area (Å²) in [5.41, 5.74) is 8.95. The predicted octanol–water partition coefficient (Wildman–Crippen LogP) is 1.32.